The van der Waals surface area contributed by atoms with E-state index in [1.807, 2.05) is 18.4 Å². The van der Waals surface area contributed by atoms with Crippen LogP contribution < -0.4 is 10.6 Å². The van der Waals surface area contributed by atoms with E-state index in [9.17, 15) is 18.4 Å². The van der Waals surface area contributed by atoms with Gasteiger partial charge in [0, 0.05) is 37.0 Å². The quantitative estimate of drug-likeness (QED) is 0.420. The third-order valence-electron chi connectivity index (χ3n) is 6.92. The molecule has 0 spiro atoms. The molecular weight excluding hydrogens is 462 g/mol. The summed E-state index contributed by atoms with van der Waals surface area (Å²) in [5.41, 5.74) is 6.04. The molecule has 0 aliphatic carbocycles. The molecule has 2 aromatic heterocycles. The third-order valence-corrected chi connectivity index (χ3v) is 6.92. The molecule has 0 unspecified atom stereocenters. The highest BCUT2D eigenvalue weighted by Gasteiger charge is 2.25. The highest BCUT2D eigenvalue weighted by molar-refractivity contribution is 6.03. The molecule has 6 rings (SSSR count). The highest BCUT2D eigenvalue weighted by atomic mass is 19.1. The average molecular weight is 493 g/mol. The lowest BCUT2D eigenvalue weighted by molar-refractivity contribution is 0.0920. The van der Waals surface area contributed by atoms with E-state index in [2.05, 4.69) is 29.0 Å². The van der Waals surface area contributed by atoms with Crippen LogP contribution in [-0.4, -0.2) is 34.0 Å². The van der Waals surface area contributed by atoms with E-state index in [-0.39, 0.29) is 23.4 Å². The van der Waals surface area contributed by atoms with Gasteiger partial charge in [-0.2, -0.15) is 0 Å². The fourth-order valence-electron chi connectivity index (χ4n) is 5.56. The summed E-state index contributed by atoms with van der Waals surface area (Å²) in [5, 5.41) is 7.31. The topological polar surface area (TPSA) is 68.1 Å². The minimum Gasteiger partial charge on any atom is -0.349 e. The van der Waals surface area contributed by atoms with Crippen LogP contribution in [0.4, 0.5) is 8.78 Å². The van der Waals surface area contributed by atoms with Gasteiger partial charge in [0.2, 0.25) is 0 Å². The number of hydrogen-bond acceptors (Lipinski definition) is 2. The van der Waals surface area contributed by atoms with Crippen LogP contribution in [-0.2, 0) is 19.5 Å². The molecule has 36 heavy (non-hydrogen) atoms. The van der Waals surface area contributed by atoms with Crippen LogP contribution in [0.1, 0.15) is 51.5 Å². The zero-order valence-electron chi connectivity index (χ0n) is 21.0. The first-order valence-corrected chi connectivity index (χ1v) is 12.3. The molecule has 2 amide bonds. The molecule has 0 saturated heterocycles. The molecule has 0 fully saturated rings. The second-order valence-corrected chi connectivity index (χ2v) is 10.0. The van der Waals surface area contributed by atoms with Crippen LogP contribution in [0.15, 0.2) is 30.3 Å². The molecule has 0 saturated carbocycles. The van der Waals surface area contributed by atoms with Crippen LogP contribution in [0.2, 0.25) is 0 Å². The van der Waals surface area contributed by atoms with Crippen molar-refractivity contribution in [1.82, 2.24) is 19.8 Å². The van der Waals surface area contributed by atoms with E-state index in [1.165, 1.54) is 12.1 Å². The average Bonchev–Trinajstić information content (AvgIpc) is 3.31. The number of benzene rings is 2. The molecule has 2 aliphatic rings. The van der Waals surface area contributed by atoms with Gasteiger partial charge in [0.05, 0.1) is 11.0 Å². The van der Waals surface area contributed by atoms with E-state index in [1.54, 1.807) is 18.2 Å². The molecule has 8 heteroatoms. The Bertz CT molecular complexity index is 1530. The summed E-state index contributed by atoms with van der Waals surface area (Å²) in [6.07, 6.45) is 0.818. The third kappa shape index (κ3) is 4.04. The number of nitrogens with one attached hydrogen (secondary N) is 2. The second kappa shape index (κ2) is 9.08. The molecule has 4 heterocycles. The zero-order chi connectivity index (χ0) is 25.7. The summed E-state index contributed by atoms with van der Waals surface area (Å²) >= 11 is 0. The summed E-state index contributed by atoms with van der Waals surface area (Å²) in [4.78, 5) is 23.7. The summed E-state index contributed by atoms with van der Waals surface area (Å²) in [5.74, 6) is -0.167. The van der Waals surface area contributed by atoms with Gasteiger partial charge in [-0.3, -0.25) is 9.59 Å². The van der Waals surface area contributed by atoms with Crippen LogP contribution in [0, 0.1) is 31.4 Å². The summed E-state index contributed by atoms with van der Waals surface area (Å²) in [6.45, 7) is 10.8. The van der Waals surface area contributed by atoms with Crippen molar-refractivity contribution in [3.63, 3.8) is 0 Å². The summed E-state index contributed by atoms with van der Waals surface area (Å²) < 4.78 is 31.1. The molecule has 0 atom stereocenters. The molecular formula is C28H30F2N4O2. The number of halogens is 2. The van der Waals surface area contributed by atoms with Crippen molar-refractivity contribution >= 4 is 33.6 Å². The van der Waals surface area contributed by atoms with Gasteiger partial charge in [0.25, 0.3) is 11.8 Å². The zero-order valence-corrected chi connectivity index (χ0v) is 21.0. The second-order valence-electron chi connectivity index (χ2n) is 10.0. The molecule has 2 aromatic carbocycles. The van der Waals surface area contributed by atoms with E-state index in [4.69, 9.17) is 0 Å². The highest BCUT2D eigenvalue weighted by Crippen LogP contribution is 2.32. The number of aromatic nitrogens is 2. The van der Waals surface area contributed by atoms with E-state index in [0.29, 0.717) is 30.4 Å². The predicted octanol–water partition coefficient (Wildman–Crippen LogP) is 4.86. The van der Waals surface area contributed by atoms with E-state index in [0.717, 1.165) is 58.0 Å². The standard InChI is InChI=1S/C16H19FN2O.C12H11FN2O/c1-9(2)6-11-7-12(17)8-13-10(3)14-16(20)18-4-5-19(14)15(11)13;1-7-4-9(13)5-8-6-10-12(16)14-2-3-15(10)11(7)8/h7-9H,4-6H2,1-3H3,(H,18,20);4-6H,2-3H2,1H3,(H,14,16). The first kappa shape index (κ1) is 24.0. The molecule has 2 aliphatic heterocycles. The Kier molecular flexibility index (Phi) is 6.06. The van der Waals surface area contributed by atoms with E-state index < -0.39 is 0 Å². The number of amides is 2. The first-order valence-electron chi connectivity index (χ1n) is 12.3. The van der Waals surface area contributed by atoms with Crippen LogP contribution in [0.25, 0.3) is 21.8 Å². The fourth-order valence-corrected chi connectivity index (χ4v) is 5.56. The Labute approximate surface area is 208 Å². The number of nitrogens with zero attached hydrogens (tertiary/aromatic N) is 2. The Morgan fingerprint density at radius 1 is 0.861 bits per heavy atom. The maximum absolute atomic E-state index is 13.9. The van der Waals surface area contributed by atoms with Gasteiger partial charge >= 0.3 is 0 Å². The summed E-state index contributed by atoms with van der Waals surface area (Å²) in [6, 6.07) is 7.89. The van der Waals surface area contributed by atoms with Gasteiger partial charge in [0.1, 0.15) is 23.0 Å². The Balaban J connectivity index is 0.000000152. The van der Waals surface area contributed by atoms with Gasteiger partial charge in [-0.1, -0.05) is 13.8 Å². The molecule has 0 radical (unpaired) electrons. The first-order chi connectivity index (χ1) is 17.2. The van der Waals surface area contributed by atoms with Crippen molar-refractivity contribution in [2.75, 3.05) is 13.1 Å². The number of carbonyl (C=O) groups is 2. The number of aryl methyl sites for hydroxylation is 2. The Hall–Kier alpha value is -3.68. The smallest absolute Gasteiger partial charge is 0.268 e. The minimum atomic E-state index is -0.256. The van der Waals surface area contributed by atoms with E-state index >= 15 is 0 Å². The lowest BCUT2D eigenvalue weighted by Gasteiger charge is -2.18. The van der Waals surface area contributed by atoms with Gasteiger partial charge in [0.15, 0.2) is 0 Å². The molecule has 4 aromatic rings. The van der Waals surface area contributed by atoms with Gasteiger partial charge in [-0.25, -0.2) is 8.78 Å². The Morgan fingerprint density at radius 3 is 2.25 bits per heavy atom. The van der Waals surface area contributed by atoms with Crippen molar-refractivity contribution in [3.8, 4) is 0 Å². The van der Waals surface area contributed by atoms with Gasteiger partial charge in [-0.05, 0) is 73.2 Å². The maximum atomic E-state index is 13.9. The van der Waals surface area contributed by atoms with Crippen molar-refractivity contribution in [2.24, 2.45) is 5.92 Å². The van der Waals surface area contributed by atoms with Gasteiger partial charge < -0.3 is 19.8 Å². The lowest BCUT2D eigenvalue weighted by atomic mass is 9.99. The number of hydrogen-bond donors (Lipinski definition) is 2. The monoisotopic (exact) mass is 492 g/mol. The summed E-state index contributed by atoms with van der Waals surface area (Å²) in [7, 11) is 0. The van der Waals surface area contributed by atoms with Gasteiger partial charge in [-0.15, -0.1) is 0 Å². The fraction of sp³-hybridized carbons (Fsp3) is 0.357. The largest absolute Gasteiger partial charge is 0.349 e. The van der Waals surface area contributed by atoms with Crippen LogP contribution >= 0.6 is 0 Å². The molecule has 0 bridgehead atoms. The van der Waals surface area contributed by atoms with Crippen molar-refractivity contribution < 1.29 is 18.4 Å². The molecule has 188 valence electrons. The minimum absolute atomic E-state index is 0.0548. The lowest BCUT2D eigenvalue weighted by Crippen LogP contribution is -2.35. The maximum Gasteiger partial charge on any atom is 0.268 e. The Morgan fingerprint density at radius 2 is 1.53 bits per heavy atom. The SMILES string of the molecule is Cc1c2n(c3c(CC(C)C)cc(F)cc13)CCNC2=O.Cc1cc(F)cc2cc3n(c12)CCNC3=O. The number of carbonyl (C=O) groups excluding carboxylic acids is 2. The normalized spacial score (nSPS) is 14.9. The van der Waals surface area contributed by atoms with Crippen molar-refractivity contribution in [2.45, 2.75) is 47.2 Å². The molecule has 2 N–H and O–H groups in total. The molecule has 6 nitrogen and oxygen atoms in total. The predicted molar refractivity (Wildman–Crippen MR) is 136 cm³/mol. The van der Waals surface area contributed by atoms with Crippen molar-refractivity contribution in [3.05, 3.63) is 70.0 Å². The van der Waals surface area contributed by atoms with Crippen LogP contribution in [0.5, 0.6) is 0 Å². The van der Waals surface area contributed by atoms with Crippen molar-refractivity contribution in [1.29, 1.82) is 0 Å². The number of rotatable bonds is 2. The number of fused-ring (bicyclic) bond motifs is 6. The van der Waals surface area contributed by atoms with Crippen LogP contribution in [0.3, 0.4) is 0 Å².